The maximum absolute atomic E-state index is 8.74. The molecule has 13 heavy (non-hydrogen) atoms. The number of rotatable bonds is 4. The second kappa shape index (κ2) is 8.35. The molecule has 8 heteroatoms. The van der Waals surface area contributed by atoms with Crippen LogP contribution < -0.4 is 0 Å². The van der Waals surface area contributed by atoms with Crippen molar-refractivity contribution in [3.63, 3.8) is 0 Å². The quantitative estimate of drug-likeness (QED) is 0.355. The van der Waals surface area contributed by atoms with E-state index in [2.05, 4.69) is 0 Å². The van der Waals surface area contributed by atoms with Crippen LogP contribution in [0, 0.1) is 5.92 Å². The fraction of sp³-hybridized carbons (Fsp3) is 1.00. The van der Waals surface area contributed by atoms with Gasteiger partial charge in [0.05, 0.1) is 0 Å². The predicted molar refractivity (Wildman–Crippen MR) is 43.5 cm³/mol. The molecule has 0 atom stereocenters. The molecule has 0 amide bonds. The van der Waals surface area contributed by atoms with Gasteiger partial charge in [-0.25, -0.2) is 0 Å². The van der Waals surface area contributed by atoms with Gasteiger partial charge in [-0.15, -0.1) is 0 Å². The third kappa shape index (κ3) is 24.5. The number of aliphatic hydroxyl groups excluding tert-OH is 3. The summed E-state index contributed by atoms with van der Waals surface area (Å²) in [5.74, 6) is -0.139. The van der Waals surface area contributed by atoms with E-state index in [0.29, 0.717) is 6.42 Å². The molecule has 0 aliphatic heterocycles. The Bertz CT molecular complexity index is 175. The van der Waals surface area contributed by atoms with Gasteiger partial charge in [0.2, 0.25) is 0 Å². The van der Waals surface area contributed by atoms with Gasteiger partial charge in [-0.1, -0.05) is 0 Å². The van der Waals surface area contributed by atoms with Crippen LogP contribution in [0.4, 0.5) is 0 Å². The van der Waals surface area contributed by atoms with Gasteiger partial charge < -0.3 is 15.3 Å². The molecule has 0 aromatic rings. The van der Waals surface area contributed by atoms with E-state index in [9.17, 15) is 0 Å². The lowest BCUT2D eigenvalue weighted by Crippen LogP contribution is -2.12. The summed E-state index contributed by atoms with van der Waals surface area (Å²) < 4.78 is 31.6. The fourth-order valence-electron chi connectivity index (χ4n) is 0.423. The largest absolute Gasteiger partial charge is 0.396 e. The van der Waals surface area contributed by atoms with Crippen molar-refractivity contribution >= 4 is 10.4 Å². The third-order valence-corrected chi connectivity index (χ3v) is 1.05. The lowest BCUT2D eigenvalue weighted by atomic mass is 10.1. The molecule has 0 spiro atoms. The summed E-state index contributed by atoms with van der Waals surface area (Å²) in [6, 6.07) is 0. The zero-order valence-electron chi connectivity index (χ0n) is 6.87. The van der Waals surface area contributed by atoms with Crippen LogP contribution in [0.1, 0.15) is 6.42 Å². The van der Waals surface area contributed by atoms with Gasteiger partial charge in [-0.05, 0) is 6.42 Å². The Hall–Kier alpha value is -0.250. The smallest absolute Gasteiger partial charge is 0.394 e. The highest BCUT2D eigenvalue weighted by molar-refractivity contribution is 7.79. The van der Waals surface area contributed by atoms with E-state index in [4.69, 9.17) is 32.8 Å². The van der Waals surface area contributed by atoms with E-state index in [1.54, 1.807) is 0 Å². The van der Waals surface area contributed by atoms with Crippen LogP contribution in [-0.4, -0.2) is 52.7 Å². The lowest BCUT2D eigenvalue weighted by Gasteiger charge is -2.06. The molecular weight excluding hydrogens is 204 g/mol. The van der Waals surface area contributed by atoms with Gasteiger partial charge in [0.1, 0.15) is 0 Å². The Balaban J connectivity index is 0. The van der Waals surface area contributed by atoms with Crippen molar-refractivity contribution in [2.75, 3.05) is 19.8 Å². The minimum absolute atomic E-state index is 0.0335. The Morgan fingerprint density at radius 1 is 1.00 bits per heavy atom. The van der Waals surface area contributed by atoms with E-state index < -0.39 is 10.4 Å². The minimum Gasteiger partial charge on any atom is -0.396 e. The molecule has 0 heterocycles. The van der Waals surface area contributed by atoms with E-state index in [1.807, 2.05) is 0 Å². The number of hydrogen-bond acceptors (Lipinski definition) is 5. The molecule has 82 valence electrons. The normalized spacial score (nSPS) is 10.9. The maximum Gasteiger partial charge on any atom is 0.394 e. The van der Waals surface area contributed by atoms with Gasteiger partial charge >= 0.3 is 10.4 Å². The summed E-state index contributed by atoms with van der Waals surface area (Å²) in [5, 5.41) is 25.0. The van der Waals surface area contributed by atoms with E-state index in [-0.39, 0.29) is 25.7 Å². The van der Waals surface area contributed by atoms with Crippen molar-refractivity contribution in [1.29, 1.82) is 0 Å². The van der Waals surface area contributed by atoms with Crippen LogP contribution in [0.2, 0.25) is 0 Å². The predicted octanol–water partition coefficient (Wildman–Crippen LogP) is -1.68. The molecule has 7 nitrogen and oxygen atoms in total. The molecular formula is C5H14O7S. The third-order valence-electron chi connectivity index (χ3n) is 1.05. The highest BCUT2D eigenvalue weighted by Crippen LogP contribution is 1.97. The summed E-state index contributed by atoms with van der Waals surface area (Å²) in [5.41, 5.74) is 0. The lowest BCUT2D eigenvalue weighted by molar-refractivity contribution is 0.124. The molecule has 0 saturated heterocycles. The number of aliphatic hydroxyl groups is 3. The first-order chi connectivity index (χ1) is 5.85. The van der Waals surface area contributed by atoms with E-state index in [1.165, 1.54) is 0 Å². The van der Waals surface area contributed by atoms with Gasteiger partial charge in [-0.3, -0.25) is 9.11 Å². The van der Waals surface area contributed by atoms with Crippen molar-refractivity contribution in [3.8, 4) is 0 Å². The molecule has 0 aromatic carbocycles. The Kier molecular flexibility index (Phi) is 9.79. The van der Waals surface area contributed by atoms with Crippen LogP contribution >= 0.6 is 0 Å². The molecule has 0 aliphatic carbocycles. The first-order valence-electron chi connectivity index (χ1n) is 3.37. The molecule has 0 bridgehead atoms. The second-order valence-corrected chi connectivity index (χ2v) is 3.09. The zero-order valence-corrected chi connectivity index (χ0v) is 7.68. The monoisotopic (exact) mass is 218 g/mol. The van der Waals surface area contributed by atoms with Crippen LogP contribution in [0.25, 0.3) is 0 Å². The Morgan fingerprint density at radius 2 is 1.31 bits per heavy atom. The van der Waals surface area contributed by atoms with Crippen molar-refractivity contribution in [2.45, 2.75) is 6.42 Å². The summed E-state index contributed by atoms with van der Waals surface area (Å²) in [4.78, 5) is 0. The summed E-state index contributed by atoms with van der Waals surface area (Å²) in [7, 11) is -4.67. The molecule has 0 radical (unpaired) electrons. The average Bonchev–Trinajstić information content (AvgIpc) is 1.97. The molecule has 0 rings (SSSR count). The van der Waals surface area contributed by atoms with Crippen molar-refractivity contribution < 1.29 is 32.8 Å². The molecule has 5 N–H and O–H groups in total. The van der Waals surface area contributed by atoms with Crippen LogP contribution in [-0.2, 0) is 10.4 Å². The SMILES string of the molecule is O=S(=O)(O)O.OCCC(CO)CO. The van der Waals surface area contributed by atoms with Gasteiger partial charge in [0.15, 0.2) is 0 Å². The second-order valence-electron chi connectivity index (χ2n) is 2.19. The summed E-state index contributed by atoms with van der Waals surface area (Å²) in [6.45, 7) is -0.0556. The Morgan fingerprint density at radius 3 is 1.38 bits per heavy atom. The van der Waals surface area contributed by atoms with Crippen LogP contribution in [0.15, 0.2) is 0 Å². The minimum atomic E-state index is -4.67. The maximum atomic E-state index is 8.74. The molecule has 0 saturated carbocycles. The van der Waals surface area contributed by atoms with Gasteiger partial charge in [-0.2, -0.15) is 8.42 Å². The first-order valence-corrected chi connectivity index (χ1v) is 4.77. The fourth-order valence-corrected chi connectivity index (χ4v) is 0.423. The standard InChI is InChI=1S/C5H12O3.H2O4S/c6-2-1-5(3-7)4-8;1-5(2,3)4/h5-8H,1-4H2;(H2,1,2,3,4). The van der Waals surface area contributed by atoms with Gasteiger partial charge in [0, 0.05) is 25.7 Å². The molecule has 0 aliphatic rings. The molecule has 0 unspecified atom stereocenters. The van der Waals surface area contributed by atoms with Crippen molar-refractivity contribution in [1.82, 2.24) is 0 Å². The summed E-state index contributed by atoms with van der Waals surface area (Å²) in [6.07, 6.45) is 0.479. The van der Waals surface area contributed by atoms with Crippen molar-refractivity contribution in [2.24, 2.45) is 5.92 Å². The van der Waals surface area contributed by atoms with E-state index >= 15 is 0 Å². The van der Waals surface area contributed by atoms with Crippen LogP contribution in [0.3, 0.4) is 0 Å². The van der Waals surface area contributed by atoms with Crippen molar-refractivity contribution in [3.05, 3.63) is 0 Å². The summed E-state index contributed by atoms with van der Waals surface area (Å²) >= 11 is 0. The highest BCUT2D eigenvalue weighted by atomic mass is 32.3. The molecule has 0 fully saturated rings. The highest BCUT2D eigenvalue weighted by Gasteiger charge is 2.02. The number of hydrogen-bond donors (Lipinski definition) is 5. The first kappa shape index (κ1) is 15.2. The van der Waals surface area contributed by atoms with E-state index in [0.717, 1.165) is 0 Å². The van der Waals surface area contributed by atoms with Gasteiger partial charge in [0.25, 0.3) is 0 Å². The topological polar surface area (TPSA) is 135 Å². The molecule has 0 aromatic heterocycles. The zero-order chi connectivity index (χ0) is 10.9. The Labute approximate surface area is 76.2 Å². The average molecular weight is 218 g/mol. The van der Waals surface area contributed by atoms with Crippen LogP contribution in [0.5, 0.6) is 0 Å².